The second kappa shape index (κ2) is 4.48. The molecule has 1 aromatic carbocycles. The molecule has 0 saturated carbocycles. The number of pyridine rings is 1. The summed E-state index contributed by atoms with van der Waals surface area (Å²) < 4.78 is 0. The number of nitrogens with two attached hydrogens (primary N) is 1. The molecule has 2 aromatic rings. The van der Waals surface area contributed by atoms with Crippen molar-refractivity contribution < 1.29 is 10.0 Å². The Morgan fingerprint density at radius 2 is 2.18 bits per heavy atom. The largest absolute Gasteiger partial charge is 0.409 e. The predicted octanol–water partition coefficient (Wildman–Crippen LogP) is 0.920. The first-order valence-corrected chi connectivity index (χ1v) is 4.85. The van der Waals surface area contributed by atoms with E-state index in [1.807, 2.05) is 12.1 Å². The second-order valence-electron chi connectivity index (χ2n) is 3.32. The van der Waals surface area contributed by atoms with Crippen molar-refractivity contribution in [1.82, 2.24) is 4.98 Å². The molecule has 17 heavy (non-hydrogen) atoms. The summed E-state index contributed by atoms with van der Waals surface area (Å²) in [5.74, 6) is -1.16. The number of nitrogens with zero attached hydrogens (tertiary/aromatic N) is 2. The van der Waals surface area contributed by atoms with Crippen molar-refractivity contribution >= 4 is 28.3 Å². The third kappa shape index (κ3) is 2.15. The number of hydrogen-bond acceptors (Lipinski definition) is 4. The number of carbonyl (C=O) groups is 1. The zero-order valence-electron chi connectivity index (χ0n) is 8.79. The number of oxime groups is 1. The maximum atomic E-state index is 11.4. The molecule has 0 fully saturated rings. The van der Waals surface area contributed by atoms with E-state index in [0.29, 0.717) is 5.69 Å². The van der Waals surface area contributed by atoms with Crippen LogP contribution in [0.15, 0.2) is 41.7 Å². The van der Waals surface area contributed by atoms with Crippen molar-refractivity contribution in [3.05, 3.63) is 36.5 Å². The second-order valence-corrected chi connectivity index (χ2v) is 3.32. The number of amides is 1. The summed E-state index contributed by atoms with van der Waals surface area (Å²) in [6.07, 6.45) is 1.66. The number of benzene rings is 1. The molecule has 1 heterocycles. The molecule has 0 aliphatic heterocycles. The normalized spacial score (nSPS) is 11.4. The van der Waals surface area contributed by atoms with Gasteiger partial charge in [0.15, 0.2) is 0 Å². The monoisotopic (exact) mass is 230 g/mol. The maximum Gasteiger partial charge on any atom is 0.294 e. The minimum atomic E-state index is -0.663. The first kappa shape index (κ1) is 10.9. The van der Waals surface area contributed by atoms with E-state index >= 15 is 0 Å². The van der Waals surface area contributed by atoms with Gasteiger partial charge in [-0.3, -0.25) is 9.78 Å². The van der Waals surface area contributed by atoms with Gasteiger partial charge in [0.05, 0.1) is 11.2 Å². The standard InChI is InChI=1S/C11H10N4O2/c12-10(15-17)11(16)14-9-5-1-4-8-7(9)3-2-6-13-8/h1-6,17H,(H2,12,15)(H,14,16). The number of amidine groups is 1. The van der Waals surface area contributed by atoms with Gasteiger partial charge in [0.2, 0.25) is 5.84 Å². The van der Waals surface area contributed by atoms with Gasteiger partial charge in [0.25, 0.3) is 5.91 Å². The average molecular weight is 230 g/mol. The summed E-state index contributed by atoms with van der Waals surface area (Å²) in [6, 6.07) is 8.89. The highest BCUT2D eigenvalue weighted by Crippen LogP contribution is 2.20. The minimum Gasteiger partial charge on any atom is -0.409 e. The molecule has 0 spiro atoms. The molecule has 86 valence electrons. The highest BCUT2D eigenvalue weighted by Gasteiger charge is 2.09. The van der Waals surface area contributed by atoms with Crippen LogP contribution in [0.25, 0.3) is 10.9 Å². The SMILES string of the molecule is N/C(=N/O)C(=O)Nc1cccc2ncccc12. The summed E-state index contributed by atoms with van der Waals surface area (Å²) in [4.78, 5) is 15.6. The molecule has 0 aliphatic rings. The van der Waals surface area contributed by atoms with Crippen LogP contribution in [-0.2, 0) is 4.79 Å². The highest BCUT2D eigenvalue weighted by molar-refractivity contribution is 6.41. The Morgan fingerprint density at radius 1 is 1.35 bits per heavy atom. The molecule has 6 nitrogen and oxygen atoms in total. The molecular weight excluding hydrogens is 220 g/mol. The molecule has 1 amide bonds. The van der Waals surface area contributed by atoms with Crippen LogP contribution in [0.4, 0.5) is 5.69 Å². The molecule has 0 radical (unpaired) electrons. The van der Waals surface area contributed by atoms with E-state index in [0.717, 1.165) is 10.9 Å². The van der Waals surface area contributed by atoms with Crippen LogP contribution in [-0.4, -0.2) is 21.9 Å². The van der Waals surface area contributed by atoms with Crippen LogP contribution in [0.1, 0.15) is 0 Å². The smallest absolute Gasteiger partial charge is 0.294 e. The van der Waals surface area contributed by atoms with Crippen LogP contribution < -0.4 is 11.1 Å². The Kier molecular flexibility index (Phi) is 2.87. The van der Waals surface area contributed by atoms with E-state index in [9.17, 15) is 4.79 Å². The Hall–Kier alpha value is -2.63. The maximum absolute atomic E-state index is 11.4. The van der Waals surface area contributed by atoms with Gasteiger partial charge in [-0.15, -0.1) is 0 Å². The molecule has 0 atom stereocenters. The van der Waals surface area contributed by atoms with Gasteiger partial charge >= 0.3 is 0 Å². The Balaban J connectivity index is 2.40. The van der Waals surface area contributed by atoms with Gasteiger partial charge in [-0.2, -0.15) is 0 Å². The van der Waals surface area contributed by atoms with Gasteiger partial charge in [0, 0.05) is 11.6 Å². The van der Waals surface area contributed by atoms with Crippen molar-refractivity contribution in [3.8, 4) is 0 Å². The number of aromatic nitrogens is 1. The lowest BCUT2D eigenvalue weighted by molar-refractivity contribution is -0.110. The van der Waals surface area contributed by atoms with Crippen LogP contribution >= 0.6 is 0 Å². The first-order valence-electron chi connectivity index (χ1n) is 4.85. The number of rotatable bonds is 1. The highest BCUT2D eigenvalue weighted by atomic mass is 16.4. The van der Waals surface area contributed by atoms with Crippen molar-refractivity contribution in [2.75, 3.05) is 5.32 Å². The van der Waals surface area contributed by atoms with Crippen molar-refractivity contribution in [2.24, 2.45) is 10.9 Å². The summed E-state index contributed by atoms with van der Waals surface area (Å²) in [7, 11) is 0. The van der Waals surface area contributed by atoms with E-state index < -0.39 is 11.7 Å². The van der Waals surface area contributed by atoms with Gasteiger partial charge in [-0.1, -0.05) is 11.2 Å². The number of carbonyl (C=O) groups excluding carboxylic acids is 1. The molecule has 4 N–H and O–H groups in total. The third-order valence-corrected chi connectivity index (χ3v) is 2.23. The van der Waals surface area contributed by atoms with Gasteiger partial charge < -0.3 is 16.3 Å². The topological polar surface area (TPSA) is 101 Å². The lowest BCUT2D eigenvalue weighted by Crippen LogP contribution is -2.30. The summed E-state index contributed by atoms with van der Waals surface area (Å²) in [6.45, 7) is 0. The fourth-order valence-electron chi connectivity index (χ4n) is 1.44. The van der Waals surface area contributed by atoms with Gasteiger partial charge in [-0.05, 0) is 24.3 Å². The average Bonchev–Trinajstić information content (AvgIpc) is 2.38. The summed E-state index contributed by atoms with van der Waals surface area (Å²) in [5, 5.41) is 14.3. The molecule has 1 aromatic heterocycles. The predicted molar refractivity (Wildman–Crippen MR) is 63.8 cm³/mol. The molecule has 2 rings (SSSR count). The fourth-order valence-corrected chi connectivity index (χ4v) is 1.44. The van der Waals surface area contributed by atoms with Crippen molar-refractivity contribution in [2.45, 2.75) is 0 Å². The van der Waals surface area contributed by atoms with E-state index in [1.54, 1.807) is 24.4 Å². The zero-order chi connectivity index (χ0) is 12.3. The Labute approximate surface area is 96.8 Å². The van der Waals surface area contributed by atoms with E-state index in [4.69, 9.17) is 10.9 Å². The molecule has 0 unspecified atom stereocenters. The molecule has 6 heteroatoms. The first-order chi connectivity index (χ1) is 8.22. The van der Waals surface area contributed by atoms with Crippen LogP contribution in [0.2, 0.25) is 0 Å². The van der Waals surface area contributed by atoms with E-state index in [-0.39, 0.29) is 0 Å². The van der Waals surface area contributed by atoms with Crippen LogP contribution in [0.3, 0.4) is 0 Å². The number of anilines is 1. The summed E-state index contributed by atoms with van der Waals surface area (Å²) in [5.41, 5.74) is 6.50. The van der Waals surface area contributed by atoms with Gasteiger partial charge in [0.1, 0.15) is 0 Å². The van der Waals surface area contributed by atoms with E-state index in [1.165, 1.54) is 0 Å². The quantitative estimate of drug-likeness (QED) is 0.293. The zero-order valence-corrected chi connectivity index (χ0v) is 8.79. The third-order valence-electron chi connectivity index (χ3n) is 2.23. The van der Waals surface area contributed by atoms with Crippen LogP contribution in [0.5, 0.6) is 0 Å². The molecule has 0 aliphatic carbocycles. The lowest BCUT2D eigenvalue weighted by atomic mass is 10.2. The van der Waals surface area contributed by atoms with Gasteiger partial charge in [-0.25, -0.2) is 0 Å². The van der Waals surface area contributed by atoms with Crippen LogP contribution in [0, 0.1) is 0 Å². The fraction of sp³-hybridized carbons (Fsp3) is 0. The molecule has 0 bridgehead atoms. The lowest BCUT2D eigenvalue weighted by Gasteiger charge is -2.06. The summed E-state index contributed by atoms with van der Waals surface area (Å²) >= 11 is 0. The Morgan fingerprint density at radius 3 is 2.94 bits per heavy atom. The number of hydrogen-bond donors (Lipinski definition) is 3. The molecular formula is C11H10N4O2. The Bertz CT molecular complexity index is 590. The number of nitrogens with one attached hydrogen (secondary N) is 1. The molecule has 0 saturated heterocycles. The van der Waals surface area contributed by atoms with Crippen molar-refractivity contribution in [1.29, 1.82) is 0 Å². The number of fused-ring (bicyclic) bond motifs is 1. The minimum absolute atomic E-state index is 0.495. The van der Waals surface area contributed by atoms with Crippen molar-refractivity contribution in [3.63, 3.8) is 0 Å². The van der Waals surface area contributed by atoms with E-state index in [2.05, 4.69) is 15.5 Å².